The minimum Gasteiger partial charge on any atom is -0.326 e. The maximum Gasteiger partial charge on any atom is 0.0443 e. The molecule has 1 N–H and O–H groups in total. The summed E-state index contributed by atoms with van der Waals surface area (Å²) < 4.78 is 3.29. The van der Waals surface area contributed by atoms with Gasteiger partial charge in [0.15, 0.2) is 0 Å². The summed E-state index contributed by atoms with van der Waals surface area (Å²) in [6.07, 6.45) is 7.79. The fourth-order valence-corrected chi connectivity index (χ4v) is 1.73. The highest BCUT2D eigenvalue weighted by molar-refractivity contribution is 8.04. The molecule has 0 amide bonds. The predicted octanol–water partition coefficient (Wildman–Crippen LogP) is 4.70. The van der Waals surface area contributed by atoms with Crippen LogP contribution >= 0.6 is 11.9 Å². The van der Waals surface area contributed by atoms with Gasteiger partial charge in [0.05, 0.1) is 0 Å². The zero-order chi connectivity index (χ0) is 11.8. The van der Waals surface area contributed by atoms with E-state index in [9.17, 15) is 0 Å². The van der Waals surface area contributed by atoms with E-state index in [0.717, 1.165) is 5.69 Å². The molecular weight excluding hydrogens is 214 g/mol. The predicted molar refractivity (Wildman–Crippen MR) is 75.5 cm³/mol. The zero-order valence-corrected chi connectivity index (χ0v) is 10.6. The second-order valence-corrected chi connectivity index (χ2v) is 4.24. The van der Waals surface area contributed by atoms with Gasteiger partial charge in [0, 0.05) is 10.6 Å². The number of nitrogens with one attached hydrogen (secondary N) is 1. The Morgan fingerprint density at radius 3 is 2.56 bits per heavy atom. The molecule has 2 heteroatoms. The maximum atomic E-state index is 3.65. The summed E-state index contributed by atoms with van der Waals surface area (Å²) >= 11 is 1.60. The lowest BCUT2D eigenvalue weighted by molar-refractivity contribution is 1.47. The Hall–Kier alpha value is -1.41. The van der Waals surface area contributed by atoms with Crippen molar-refractivity contribution in [3.63, 3.8) is 0 Å². The molecule has 0 heterocycles. The highest BCUT2D eigenvalue weighted by Crippen LogP contribution is 2.20. The van der Waals surface area contributed by atoms with Crippen LogP contribution in [-0.4, -0.2) is 0 Å². The summed E-state index contributed by atoms with van der Waals surface area (Å²) in [4.78, 5) is 1.17. The lowest BCUT2D eigenvalue weighted by Gasteiger charge is -2.05. The van der Waals surface area contributed by atoms with E-state index in [-0.39, 0.29) is 0 Å². The van der Waals surface area contributed by atoms with Crippen molar-refractivity contribution >= 4 is 17.6 Å². The lowest BCUT2D eigenvalue weighted by Crippen LogP contribution is -1.86. The van der Waals surface area contributed by atoms with E-state index in [1.165, 1.54) is 10.5 Å². The molecule has 0 atom stereocenters. The van der Waals surface area contributed by atoms with Gasteiger partial charge in [-0.25, -0.2) is 0 Å². The Kier molecular flexibility index (Phi) is 5.51. The van der Waals surface area contributed by atoms with Crippen molar-refractivity contribution in [3.05, 3.63) is 65.6 Å². The van der Waals surface area contributed by atoms with E-state index in [1.807, 2.05) is 19.1 Å². The first-order valence-corrected chi connectivity index (χ1v) is 6.03. The smallest absolute Gasteiger partial charge is 0.0443 e. The minimum absolute atomic E-state index is 1.11. The van der Waals surface area contributed by atoms with Crippen LogP contribution in [0.15, 0.2) is 60.1 Å². The molecule has 0 unspecified atom stereocenters. The molecular formula is C14H17NS. The SMILES string of the molecule is C=C/C=C\C(=C/C)SNc1ccc(C)cc1. The largest absolute Gasteiger partial charge is 0.326 e. The first kappa shape index (κ1) is 12.7. The number of hydrogen-bond donors (Lipinski definition) is 1. The number of aryl methyl sites for hydroxylation is 1. The second-order valence-electron chi connectivity index (χ2n) is 3.36. The molecule has 0 fully saturated rings. The molecule has 0 aliphatic carbocycles. The van der Waals surface area contributed by atoms with Gasteiger partial charge in [-0.1, -0.05) is 42.5 Å². The molecule has 0 spiro atoms. The van der Waals surface area contributed by atoms with E-state index in [0.29, 0.717) is 0 Å². The summed E-state index contributed by atoms with van der Waals surface area (Å²) in [6, 6.07) is 8.34. The summed E-state index contributed by atoms with van der Waals surface area (Å²) in [5.74, 6) is 0. The molecule has 0 aliphatic rings. The van der Waals surface area contributed by atoms with Crippen LogP contribution in [-0.2, 0) is 0 Å². The topological polar surface area (TPSA) is 12.0 Å². The molecule has 1 nitrogen and oxygen atoms in total. The standard InChI is InChI=1S/C14H17NS/c1-4-6-7-14(5-2)16-15-13-10-8-12(3)9-11-13/h4-11,15H,1H2,2-3H3/b7-6-,14-5+. The van der Waals surface area contributed by atoms with Crippen LogP contribution in [0.5, 0.6) is 0 Å². The van der Waals surface area contributed by atoms with Crippen LogP contribution in [0, 0.1) is 6.92 Å². The Morgan fingerprint density at radius 1 is 1.31 bits per heavy atom. The molecule has 0 aliphatic heterocycles. The Bertz CT molecular complexity index is 388. The first-order valence-electron chi connectivity index (χ1n) is 5.21. The third-order valence-electron chi connectivity index (χ3n) is 2.02. The summed E-state index contributed by atoms with van der Waals surface area (Å²) in [6.45, 7) is 7.76. The highest BCUT2D eigenvalue weighted by atomic mass is 32.2. The molecule has 0 saturated heterocycles. The van der Waals surface area contributed by atoms with Crippen molar-refractivity contribution < 1.29 is 0 Å². The van der Waals surface area contributed by atoms with Gasteiger partial charge in [-0.3, -0.25) is 0 Å². The maximum absolute atomic E-state index is 3.65. The second kappa shape index (κ2) is 6.96. The van der Waals surface area contributed by atoms with E-state index < -0.39 is 0 Å². The van der Waals surface area contributed by atoms with E-state index in [2.05, 4.69) is 48.6 Å². The fourth-order valence-electron chi connectivity index (χ4n) is 1.09. The molecule has 1 rings (SSSR count). The van der Waals surface area contributed by atoms with Gasteiger partial charge in [-0.05, 0) is 44.0 Å². The lowest BCUT2D eigenvalue weighted by atomic mass is 10.2. The normalized spacial score (nSPS) is 11.8. The van der Waals surface area contributed by atoms with Crippen molar-refractivity contribution in [3.8, 4) is 0 Å². The van der Waals surface area contributed by atoms with Crippen molar-refractivity contribution in [2.45, 2.75) is 13.8 Å². The Morgan fingerprint density at radius 2 is 2.00 bits per heavy atom. The Balaban J connectivity index is 2.53. The molecule has 16 heavy (non-hydrogen) atoms. The van der Waals surface area contributed by atoms with Crippen molar-refractivity contribution in [2.24, 2.45) is 0 Å². The van der Waals surface area contributed by atoms with Crippen molar-refractivity contribution in [2.75, 3.05) is 4.72 Å². The number of allylic oxidation sites excluding steroid dienone is 4. The average Bonchev–Trinajstić information content (AvgIpc) is 2.32. The van der Waals surface area contributed by atoms with Crippen molar-refractivity contribution in [1.29, 1.82) is 0 Å². The van der Waals surface area contributed by atoms with E-state index in [4.69, 9.17) is 0 Å². The van der Waals surface area contributed by atoms with Gasteiger partial charge in [-0.2, -0.15) is 0 Å². The third-order valence-corrected chi connectivity index (χ3v) is 2.96. The minimum atomic E-state index is 1.11. The van der Waals surface area contributed by atoms with Crippen LogP contribution in [0.25, 0.3) is 0 Å². The number of hydrogen-bond acceptors (Lipinski definition) is 2. The molecule has 84 valence electrons. The Labute approximate surface area is 102 Å². The van der Waals surface area contributed by atoms with Crippen LogP contribution in [0.2, 0.25) is 0 Å². The summed E-state index contributed by atoms with van der Waals surface area (Å²) in [7, 11) is 0. The van der Waals surface area contributed by atoms with Gasteiger partial charge < -0.3 is 4.72 Å². The third kappa shape index (κ3) is 4.41. The fraction of sp³-hybridized carbons (Fsp3) is 0.143. The van der Waals surface area contributed by atoms with Gasteiger partial charge in [0.25, 0.3) is 0 Å². The van der Waals surface area contributed by atoms with Gasteiger partial charge in [-0.15, -0.1) is 0 Å². The monoisotopic (exact) mass is 231 g/mol. The number of rotatable bonds is 5. The molecule has 0 bridgehead atoms. The quantitative estimate of drug-likeness (QED) is 0.582. The van der Waals surface area contributed by atoms with Crippen LogP contribution in [0.4, 0.5) is 5.69 Å². The van der Waals surface area contributed by atoms with Crippen LogP contribution in [0.1, 0.15) is 12.5 Å². The van der Waals surface area contributed by atoms with Gasteiger partial charge in [0.2, 0.25) is 0 Å². The zero-order valence-electron chi connectivity index (χ0n) is 9.73. The molecule has 0 saturated carbocycles. The summed E-state index contributed by atoms with van der Waals surface area (Å²) in [5.41, 5.74) is 2.38. The van der Waals surface area contributed by atoms with E-state index >= 15 is 0 Å². The van der Waals surface area contributed by atoms with Crippen LogP contribution in [0.3, 0.4) is 0 Å². The average molecular weight is 231 g/mol. The van der Waals surface area contributed by atoms with Gasteiger partial charge >= 0.3 is 0 Å². The number of benzene rings is 1. The molecule has 1 aromatic carbocycles. The molecule has 1 aromatic rings. The molecule has 0 radical (unpaired) electrons. The molecule has 0 aromatic heterocycles. The number of anilines is 1. The highest BCUT2D eigenvalue weighted by Gasteiger charge is 1.94. The van der Waals surface area contributed by atoms with Gasteiger partial charge in [0.1, 0.15) is 0 Å². The summed E-state index contributed by atoms with van der Waals surface area (Å²) in [5, 5.41) is 0. The van der Waals surface area contributed by atoms with E-state index in [1.54, 1.807) is 18.0 Å². The van der Waals surface area contributed by atoms with Crippen molar-refractivity contribution in [1.82, 2.24) is 0 Å². The van der Waals surface area contributed by atoms with Crippen LogP contribution < -0.4 is 4.72 Å². The first-order chi connectivity index (χ1) is 7.76.